The number of aromatic nitrogens is 3. The molecular formula is C22H21F5N4O2. The second kappa shape index (κ2) is 7.82. The van der Waals surface area contributed by atoms with Crippen LogP contribution in [0.1, 0.15) is 24.8 Å². The smallest absolute Gasteiger partial charge is 0.419 e. The zero-order chi connectivity index (χ0) is 23.5. The van der Waals surface area contributed by atoms with E-state index in [4.69, 9.17) is 4.74 Å². The highest BCUT2D eigenvalue weighted by Gasteiger charge is 2.38. The van der Waals surface area contributed by atoms with Gasteiger partial charge in [-0.15, -0.1) is 0 Å². The summed E-state index contributed by atoms with van der Waals surface area (Å²) in [5.74, 6) is -4.07. The SMILES string of the molecule is Cn1nc(-c2cc(C(F)(F)F)c(F)c(O)c2F)c2cnc(N3CCOCC3C3CCC3)cc21. The average molecular weight is 468 g/mol. The van der Waals surface area contributed by atoms with Gasteiger partial charge < -0.3 is 14.7 Å². The predicted molar refractivity (Wildman–Crippen MR) is 110 cm³/mol. The van der Waals surface area contributed by atoms with E-state index in [9.17, 15) is 27.1 Å². The van der Waals surface area contributed by atoms with Crippen LogP contribution >= 0.6 is 0 Å². The normalized spacial score (nSPS) is 19.8. The van der Waals surface area contributed by atoms with Crippen molar-refractivity contribution in [3.05, 3.63) is 35.5 Å². The van der Waals surface area contributed by atoms with E-state index in [1.807, 2.05) is 0 Å². The molecular weight excluding hydrogens is 447 g/mol. The van der Waals surface area contributed by atoms with Gasteiger partial charge in [0.2, 0.25) is 0 Å². The first kappa shape index (κ1) is 21.9. The number of nitrogens with zero attached hydrogens (tertiary/aromatic N) is 4. The van der Waals surface area contributed by atoms with Crippen molar-refractivity contribution >= 4 is 16.7 Å². The Balaban J connectivity index is 1.60. The van der Waals surface area contributed by atoms with Gasteiger partial charge in [0.25, 0.3) is 0 Å². The number of halogens is 5. The number of fused-ring (bicyclic) bond motifs is 1. The monoisotopic (exact) mass is 468 g/mol. The fraction of sp³-hybridized carbons (Fsp3) is 0.455. The van der Waals surface area contributed by atoms with E-state index in [0.29, 0.717) is 43.1 Å². The van der Waals surface area contributed by atoms with Crippen LogP contribution in [0.2, 0.25) is 0 Å². The Labute approximate surface area is 185 Å². The number of pyridine rings is 1. The van der Waals surface area contributed by atoms with Gasteiger partial charge in [-0.2, -0.15) is 18.3 Å². The maximum atomic E-state index is 14.7. The largest absolute Gasteiger partial charge is 0.503 e. The highest BCUT2D eigenvalue weighted by molar-refractivity contribution is 5.94. The zero-order valence-electron chi connectivity index (χ0n) is 17.7. The predicted octanol–water partition coefficient (Wildman–Crippen LogP) is 4.64. The Hall–Kier alpha value is -2.95. The van der Waals surface area contributed by atoms with Crippen LogP contribution < -0.4 is 4.90 Å². The Bertz CT molecular complexity index is 1220. The molecule has 0 amide bonds. The number of ether oxygens (including phenoxy) is 1. The number of aryl methyl sites for hydroxylation is 1. The fourth-order valence-corrected chi connectivity index (χ4v) is 4.62. The van der Waals surface area contributed by atoms with Gasteiger partial charge in [0.15, 0.2) is 17.4 Å². The first-order chi connectivity index (χ1) is 15.7. The van der Waals surface area contributed by atoms with Crippen LogP contribution in [0.15, 0.2) is 18.3 Å². The first-order valence-corrected chi connectivity index (χ1v) is 10.6. The third-order valence-corrected chi connectivity index (χ3v) is 6.61. The van der Waals surface area contributed by atoms with Crippen molar-refractivity contribution in [3.8, 4) is 17.0 Å². The van der Waals surface area contributed by atoms with Gasteiger partial charge in [-0.05, 0) is 24.8 Å². The van der Waals surface area contributed by atoms with Gasteiger partial charge in [-0.3, -0.25) is 4.68 Å². The van der Waals surface area contributed by atoms with E-state index in [1.165, 1.54) is 17.3 Å². The van der Waals surface area contributed by atoms with Crippen LogP contribution in [0.25, 0.3) is 22.2 Å². The minimum Gasteiger partial charge on any atom is -0.503 e. The number of aromatic hydroxyl groups is 1. The number of phenolic OH excluding ortho intramolecular Hbond substituents is 1. The molecule has 0 bridgehead atoms. The number of phenols is 1. The van der Waals surface area contributed by atoms with Gasteiger partial charge in [0.1, 0.15) is 11.5 Å². The summed E-state index contributed by atoms with van der Waals surface area (Å²) in [6.45, 7) is 1.81. The maximum Gasteiger partial charge on any atom is 0.419 e. The Kier molecular flexibility index (Phi) is 5.19. The molecule has 1 saturated heterocycles. The van der Waals surface area contributed by atoms with Gasteiger partial charge in [0, 0.05) is 36.8 Å². The summed E-state index contributed by atoms with van der Waals surface area (Å²) in [6, 6.07) is 2.27. The number of rotatable bonds is 3. The summed E-state index contributed by atoms with van der Waals surface area (Å²) < 4.78 is 75.4. The molecule has 3 heterocycles. The van der Waals surface area contributed by atoms with Gasteiger partial charge in [0.05, 0.1) is 30.3 Å². The van der Waals surface area contributed by atoms with Crippen LogP contribution in [0.3, 0.4) is 0 Å². The van der Waals surface area contributed by atoms with Crippen LogP contribution in [0.4, 0.5) is 27.8 Å². The van der Waals surface area contributed by atoms with Crippen molar-refractivity contribution in [2.24, 2.45) is 13.0 Å². The summed E-state index contributed by atoms with van der Waals surface area (Å²) in [6.07, 6.45) is -0.266. The van der Waals surface area contributed by atoms with Crippen LogP contribution in [0, 0.1) is 17.6 Å². The summed E-state index contributed by atoms with van der Waals surface area (Å²) in [5.41, 5.74) is -2.07. The molecule has 176 valence electrons. The molecule has 1 atom stereocenters. The molecule has 6 nitrogen and oxygen atoms in total. The molecule has 1 aliphatic carbocycles. The van der Waals surface area contributed by atoms with Crippen LogP contribution in [-0.2, 0) is 18.0 Å². The minimum absolute atomic E-state index is 0.164. The van der Waals surface area contributed by atoms with Gasteiger partial charge >= 0.3 is 6.18 Å². The topological polar surface area (TPSA) is 63.4 Å². The summed E-state index contributed by atoms with van der Waals surface area (Å²) in [4.78, 5) is 6.67. The lowest BCUT2D eigenvalue weighted by Crippen LogP contribution is -2.51. The lowest BCUT2D eigenvalue weighted by Gasteiger charge is -2.44. The van der Waals surface area contributed by atoms with E-state index in [0.717, 1.165) is 12.8 Å². The molecule has 0 radical (unpaired) electrons. The highest BCUT2D eigenvalue weighted by atomic mass is 19.4. The molecule has 1 aromatic carbocycles. The second-order valence-electron chi connectivity index (χ2n) is 8.50. The van der Waals surface area contributed by atoms with Crippen molar-refractivity contribution < 1.29 is 31.8 Å². The number of alkyl halides is 3. The molecule has 1 N–H and O–H groups in total. The van der Waals surface area contributed by atoms with Crippen molar-refractivity contribution in [3.63, 3.8) is 0 Å². The van der Waals surface area contributed by atoms with Crippen molar-refractivity contribution in [1.29, 1.82) is 0 Å². The van der Waals surface area contributed by atoms with E-state index in [2.05, 4.69) is 15.0 Å². The van der Waals surface area contributed by atoms with E-state index < -0.39 is 34.7 Å². The number of hydrogen-bond acceptors (Lipinski definition) is 5. The number of hydrogen-bond donors (Lipinski definition) is 1. The van der Waals surface area contributed by atoms with Crippen molar-refractivity contribution in [2.75, 3.05) is 24.7 Å². The molecule has 5 rings (SSSR count). The summed E-state index contributed by atoms with van der Waals surface area (Å²) in [5, 5.41) is 14.1. The van der Waals surface area contributed by atoms with Gasteiger partial charge in [-0.1, -0.05) is 6.42 Å². The molecule has 0 spiro atoms. The molecule has 3 aromatic rings. The Morgan fingerprint density at radius 1 is 1.15 bits per heavy atom. The lowest BCUT2D eigenvalue weighted by molar-refractivity contribution is -0.140. The quantitative estimate of drug-likeness (QED) is 0.568. The lowest BCUT2D eigenvalue weighted by atomic mass is 9.79. The molecule has 2 aliphatic rings. The number of benzene rings is 1. The standard InChI is InChI=1S/C22H21F5N4O2/c1-30-15-8-17(31-5-6-33-10-16(31)11-3-2-4-11)28-9-13(15)20(29-30)12-7-14(22(25,26)27)19(24)21(32)18(12)23/h7-9,11,16,32H,2-6,10H2,1H3. The summed E-state index contributed by atoms with van der Waals surface area (Å²) in [7, 11) is 1.57. The molecule has 11 heteroatoms. The third-order valence-electron chi connectivity index (χ3n) is 6.61. The average Bonchev–Trinajstić information content (AvgIpc) is 3.06. The first-order valence-electron chi connectivity index (χ1n) is 10.6. The molecule has 1 aliphatic heterocycles. The third kappa shape index (κ3) is 3.58. The molecule has 2 aromatic heterocycles. The molecule has 33 heavy (non-hydrogen) atoms. The maximum absolute atomic E-state index is 14.7. The zero-order valence-corrected chi connectivity index (χ0v) is 17.7. The summed E-state index contributed by atoms with van der Waals surface area (Å²) >= 11 is 0. The number of morpholine rings is 1. The Morgan fingerprint density at radius 3 is 2.58 bits per heavy atom. The second-order valence-corrected chi connectivity index (χ2v) is 8.50. The highest BCUT2D eigenvalue weighted by Crippen LogP contribution is 2.42. The Morgan fingerprint density at radius 2 is 1.91 bits per heavy atom. The number of anilines is 1. The van der Waals surface area contributed by atoms with E-state index in [-0.39, 0.29) is 17.1 Å². The van der Waals surface area contributed by atoms with E-state index in [1.54, 1.807) is 13.1 Å². The van der Waals surface area contributed by atoms with Crippen LogP contribution in [0.5, 0.6) is 5.75 Å². The fourth-order valence-electron chi connectivity index (χ4n) is 4.62. The molecule has 2 fully saturated rings. The van der Waals surface area contributed by atoms with E-state index >= 15 is 0 Å². The minimum atomic E-state index is -5.12. The molecule has 1 unspecified atom stereocenters. The molecule has 1 saturated carbocycles. The van der Waals surface area contributed by atoms with Crippen LogP contribution in [-0.4, -0.2) is 45.7 Å². The van der Waals surface area contributed by atoms with Crippen molar-refractivity contribution in [1.82, 2.24) is 14.8 Å². The van der Waals surface area contributed by atoms with Crippen molar-refractivity contribution in [2.45, 2.75) is 31.5 Å². The van der Waals surface area contributed by atoms with Gasteiger partial charge in [-0.25, -0.2) is 13.8 Å².